The van der Waals surface area contributed by atoms with Gasteiger partial charge in [0.05, 0.1) is 13.7 Å². The normalized spacial score (nSPS) is 20.2. The van der Waals surface area contributed by atoms with Gasteiger partial charge in [-0.15, -0.1) is 12.4 Å². The number of amides is 1. The molecule has 1 unspecified atom stereocenters. The molecule has 1 aromatic rings. The van der Waals surface area contributed by atoms with Gasteiger partial charge in [-0.05, 0) is 12.5 Å². The summed E-state index contributed by atoms with van der Waals surface area (Å²) in [6.45, 7) is 2.61. The van der Waals surface area contributed by atoms with Crippen LogP contribution in [0.15, 0.2) is 30.4 Å². The van der Waals surface area contributed by atoms with Crippen LogP contribution in [0.1, 0.15) is 12.0 Å². The number of fused-ring (bicyclic) bond motifs is 1. The quantitative estimate of drug-likeness (QED) is 0.842. The van der Waals surface area contributed by atoms with E-state index in [4.69, 9.17) is 9.47 Å². The summed E-state index contributed by atoms with van der Waals surface area (Å²) in [7, 11) is 1.63. The third-order valence-corrected chi connectivity index (χ3v) is 3.82. The van der Waals surface area contributed by atoms with Crippen LogP contribution in [0.4, 0.5) is 0 Å². The number of nitrogens with one attached hydrogen (secondary N) is 1. The molecular weight excluding hydrogens is 304 g/mol. The lowest BCUT2D eigenvalue weighted by atomic mass is 10.1. The Morgan fingerprint density at radius 1 is 1.45 bits per heavy atom. The van der Waals surface area contributed by atoms with E-state index in [-0.39, 0.29) is 24.4 Å². The second-order valence-electron chi connectivity index (χ2n) is 5.22. The maximum Gasteiger partial charge on any atom is 0.243 e. The van der Waals surface area contributed by atoms with Gasteiger partial charge in [0, 0.05) is 25.2 Å². The van der Waals surface area contributed by atoms with Crippen molar-refractivity contribution in [3.05, 3.63) is 35.9 Å². The second kappa shape index (κ2) is 7.51. The molecule has 22 heavy (non-hydrogen) atoms. The predicted molar refractivity (Wildman–Crippen MR) is 86.7 cm³/mol. The number of methoxy groups -OCH3 is 1. The number of benzene rings is 1. The topological polar surface area (TPSA) is 50.8 Å². The maximum absolute atomic E-state index is 12.6. The van der Waals surface area contributed by atoms with Gasteiger partial charge in [-0.2, -0.15) is 0 Å². The highest BCUT2D eigenvalue weighted by atomic mass is 35.5. The lowest BCUT2D eigenvalue weighted by Gasteiger charge is -2.29. The standard InChI is InChI=1S/C16H20N2O3.ClH/c1-20-14-7-2-5-12-11-18(9-4-10-21-15(12)14)16(19)13-6-3-8-17-13;/h2-3,5-7,13,17H,4,8-11H2,1H3;1H. The van der Waals surface area contributed by atoms with E-state index in [9.17, 15) is 4.79 Å². The zero-order valence-electron chi connectivity index (χ0n) is 12.6. The molecule has 2 aliphatic rings. The van der Waals surface area contributed by atoms with Crippen LogP contribution in [0.2, 0.25) is 0 Å². The van der Waals surface area contributed by atoms with Crippen LogP contribution in [-0.2, 0) is 11.3 Å². The van der Waals surface area contributed by atoms with Gasteiger partial charge in [0.1, 0.15) is 6.04 Å². The highest BCUT2D eigenvalue weighted by molar-refractivity contribution is 5.85. The largest absolute Gasteiger partial charge is 0.493 e. The first-order valence-electron chi connectivity index (χ1n) is 7.27. The molecule has 1 aromatic carbocycles. The molecule has 0 radical (unpaired) electrons. The summed E-state index contributed by atoms with van der Waals surface area (Å²) in [5, 5.41) is 3.18. The fourth-order valence-electron chi connectivity index (χ4n) is 2.75. The molecule has 1 N–H and O–H groups in total. The van der Waals surface area contributed by atoms with E-state index < -0.39 is 0 Å². The molecule has 0 saturated heterocycles. The molecule has 120 valence electrons. The Kier molecular flexibility index (Phi) is 5.69. The summed E-state index contributed by atoms with van der Waals surface area (Å²) >= 11 is 0. The Hall–Kier alpha value is -1.72. The molecule has 6 heteroatoms. The van der Waals surface area contributed by atoms with Crippen molar-refractivity contribution in [2.45, 2.75) is 19.0 Å². The molecule has 0 fully saturated rings. The molecular formula is C16H21ClN2O3. The fourth-order valence-corrected chi connectivity index (χ4v) is 2.75. The SMILES string of the molecule is COc1cccc2c1OCCCN(C(=O)C1C=CCN1)C2.Cl. The fraction of sp³-hybridized carbons (Fsp3) is 0.438. The number of carbonyl (C=O) groups excluding carboxylic acids is 1. The minimum atomic E-state index is -0.195. The first-order valence-corrected chi connectivity index (χ1v) is 7.27. The van der Waals surface area contributed by atoms with Gasteiger partial charge in [-0.1, -0.05) is 24.3 Å². The summed E-state index contributed by atoms with van der Waals surface area (Å²) in [6.07, 6.45) is 4.75. The Morgan fingerprint density at radius 3 is 3.05 bits per heavy atom. The van der Waals surface area contributed by atoms with Crippen molar-refractivity contribution in [2.75, 3.05) is 26.8 Å². The molecule has 0 aromatic heterocycles. The van der Waals surface area contributed by atoms with Crippen molar-refractivity contribution in [3.63, 3.8) is 0 Å². The van der Waals surface area contributed by atoms with Gasteiger partial charge in [0.2, 0.25) is 5.91 Å². The van der Waals surface area contributed by atoms with Crippen molar-refractivity contribution in [1.82, 2.24) is 10.2 Å². The van der Waals surface area contributed by atoms with Gasteiger partial charge in [-0.3, -0.25) is 10.1 Å². The Morgan fingerprint density at radius 2 is 2.32 bits per heavy atom. The van der Waals surface area contributed by atoms with Crippen LogP contribution >= 0.6 is 12.4 Å². The molecule has 1 atom stereocenters. The molecule has 0 spiro atoms. The van der Waals surface area contributed by atoms with E-state index in [1.165, 1.54) is 0 Å². The second-order valence-corrected chi connectivity index (χ2v) is 5.22. The lowest BCUT2D eigenvalue weighted by molar-refractivity contribution is -0.133. The first kappa shape index (κ1) is 16.6. The van der Waals surface area contributed by atoms with E-state index in [0.29, 0.717) is 19.7 Å². The highest BCUT2D eigenvalue weighted by Gasteiger charge is 2.26. The maximum atomic E-state index is 12.6. The molecule has 0 aliphatic carbocycles. The lowest BCUT2D eigenvalue weighted by Crippen LogP contribution is -2.44. The van der Waals surface area contributed by atoms with Crippen LogP contribution in [0, 0.1) is 0 Å². The summed E-state index contributed by atoms with van der Waals surface area (Å²) in [4.78, 5) is 14.5. The first-order chi connectivity index (χ1) is 10.3. The van der Waals surface area contributed by atoms with E-state index in [1.807, 2.05) is 35.3 Å². The number of carbonyl (C=O) groups is 1. The molecule has 2 heterocycles. The van der Waals surface area contributed by atoms with Gasteiger partial charge in [-0.25, -0.2) is 0 Å². The number of ether oxygens (including phenoxy) is 2. The van der Waals surface area contributed by atoms with Crippen LogP contribution in [0.3, 0.4) is 0 Å². The van der Waals surface area contributed by atoms with Gasteiger partial charge in [0.15, 0.2) is 11.5 Å². The molecule has 5 nitrogen and oxygen atoms in total. The third-order valence-electron chi connectivity index (χ3n) is 3.82. The number of hydrogen-bond donors (Lipinski definition) is 1. The Bertz CT molecular complexity index is 562. The van der Waals surface area contributed by atoms with Crippen LogP contribution in [0.5, 0.6) is 11.5 Å². The van der Waals surface area contributed by atoms with Crippen LogP contribution in [0.25, 0.3) is 0 Å². The van der Waals surface area contributed by atoms with E-state index in [0.717, 1.165) is 30.0 Å². The van der Waals surface area contributed by atoms with Crippen molar-refractivity contribution < 1.29 is 14.3 Å². The van der Waals surface area contributed by atoms with Crippen LogP contribution < -0.4 is 14.8 Å². The Labute approximate surface area is 136 Å². The number of para-hydroxylation sites is 1. The molecule has 3 rings (SSSR count). The monoisotopic (exact) mass is 324 g/mol. The molecule has 2 aliphatic heterocycles. The zero-order chi connectivity index (χ0) is 14.7. The summed E-state index contributed by atoms with van der Waals surface area (Å²) in [5.41, 5.74) is 0.990. The van der Waals surface area contributed by atoms with Gasteiger partial charge < -0.3 is 14.4 Å². The van der Waals surface area contributed by atoms with Gasteiger partial charge >= 0.3 is 0 Å². The minimum absolute atomic E-state index is 0. The zero-order valence-corrected chi connectivity index (χ0v) is 13.4. The number of rotatable bonds is 2. The van der Waals surface area contributed by atoms with Crippen molar-refractivity contribution in [3.8, 4) is 11.5 Å². The average Bonchev–Trinajstić information content (AvgIpc) is 3.01. The van der Waals surface area contributed by atoms with Crippen molar-refractivity contribution in [1.29, 1.82) is 0 Å². The molecule has 0 bridgehead atoms. The van der Waals surface area contributed by atoms with Gasteiger partial charge in [0.25, 0.3) is 0 Å². The smallest absolute Gasteiger partial charge is 0.243 e. The third kappa shape index (κ3) is 3.36. The average molecular weight is 325 g/mol. The summed E-state index contributed by atoms with van der Waals surface area (Å²) in [6, 6.07) is 5.60. The Balaban J connectivity index is 0.00000176. The predicted octanol–water partition coefficient (Wildman–Crippen LogP) is 1.76. The van der Waals surface area contributed by atoms with E-state index in [1.54, 1.807) is 7.11 Å². The molecule has 0 saturated carbocycles. The molecule has 1 amide bonds. The summed E-state index contributed by atoms with van der Waals surface area (Å²) in [5.74, 6) is 1.60. The summed E-state index contributed by atoms with van der Waals surface area (Å²) < 4.78 is 11.2. The van der Waals surface area contributed by atoms with Crippen LogP contribution in [-0.4, -0.2) is 43.7 Å². The minimum Gasteiger partial charge on any atom is -0.493 e. The number of hydrogen-bond acceptors (Lipinski definition) is 4. The van der Waals surface area contributed by atoms with Crippen molar-refractivity contribution in [2.24, 2.45) is 0 Å². The number of halogens is 1. The number of nitrogens with zero attached hydrogens (tertiary/aromatic N) is 1. The van der Waals surface area contributed by atoms with E-state index in [2.05, 4.69) is 5.32 Å². The highest BCUT2D eigenvalue weighted by Crippen LogP contribution is 2.33. The van der Waals surface area contributed by atoms with Crippen molar-refractivity contribution >= 4 is 18.3 Å². The van der Waals surface area contributed by atoms with E-state index >= 15 is 0 Å².